The Morgan fingerprint density at radius 2 is 1.70 bits per heavy atom. The quantitative estimate of drug-likeness (QED) is 0.407. The lowest BCUT2D eigenvalue weighted by Gasteiger charge is -2.61. The van der Waals surface area contributed by atoms with Crippen molar-refractivity contribution in [3.8, 4) is 0 Å². The SMILES string of the molecule is C[C@@H]1CC[C@@]2(NC1)O[C@H]1C[C@H]3[C@@H]4CC[C@@H]5C[C@H](NC(=O)CC(=O)N6CCN(CCO)CC6)CC[C@]5(C)[C@H]4CC[C@]3(C)[C@H]1[C@@H]2C. The normalized spacial score (nSPS) is 48.8. The molecule has 0 aromatic heterocycles. The monoisotopic (exact) mass is 612 g/mol. The van der Waals surface area contributed by atoms with Gasteiger partial charge >= 0.3 is 0 Å². The number of piperazine rings is 1. The van der Waals surface area contributed by atoms with Crippen molar-refractivity contribution < 1.29 is 19.4 Å². The molecule has 3 N–H and O–H groups in total. The summed E-state index contributed by atoms with van der Waals surface area (Å²) in [4.78, 5) is 29.8. The van der Waals surface area contributed by atoms with Gasteiger partial charge in [-0.3, -0.25) is 19.8 Å². The third-order valence-electron chi connectivity index (χ3n) is 15.0. The molecule has 0 unspecified atom stereocenters. The summed E-state index contributed by atoms with van der Waals surface area (Å²) < 4.78 is 7.09. The van der Waals surface area contributed by atoms with Gasteiger partial charge in [-0.15, -0.1) is 0 Å². The molecule has 12 atom stereocenters. The van der Waals surface area contributed by atoms with Gasteiger partial charge in [0.05, 0.1) is 12.7 Å². The summed E-state index contributed by atoms with van der Waals surface area (Å²) in [6.07, 6.45) is 12.7. The van der Waals surface area contributed by atoms with Gasteiger partial charge in [0, 0.05) is 51.2 Å². The van der Waals surface area contributed by atoms with E-state index in [-0.39, 0.29) is 36.6 Å². The van der Waals surface area contributed by atoms with Crippen molar-refractivity contribution in [3.63, 3.8) is 0 Å². The van der Waals surface area contributed by atoms with E-state index in [1.54, 1.807) is 0 Å². The largest absolute Gasteiger partial charge is 0.395 e. The van der Waals surface area contributed by atoms with Crippen LogP contribution in [-0.4, -0.2) is 90.5 Å². The van der Waals surface area contributed by atoms with Gasteiger partial charge in [-0.25, -0.2) is 0 Å². The van der Waals surface area contributed by atoms with Crippen LogP contribution in [0, 0.1) is 52.3 Å². The molecule has 4 aliphatic carbocycles. The fraction of sp³-hybridized carbons (Fsp3) is 0.944. The zero-order valence-corrected chi connectivity index (χ0v) is 28.0. The molecule has 3 aliphatic heterocycles. The summed E-state index contributed by atoms with van der Waals surface area (Å²) in [7, 11) is 0. The van der Waals surface area contributed by atoms with Gasteiger partial charge in [-0.1, -0.05) is 27.7 Å². The molecule has 3 saturated heterocycles. The number of carbonyl (C=O) groups excluding carboxylic acids is 2. The molecule has 3 heterocycles. The minimum absolute atomic E-state index is 0.0396. The molecule has 1 spiro atoms. The first-order valence-electron chi connectivity index (χ1n) is 18.4. The average Bonchev–Trinajstić information content (AvgIpc) is 3.45. The number of hydrogen-bond donors (Lipinski definition) is 3. The van der Waals surface area contributed by atoms with Crippen LogP contribution in [0.2, 0.25) is 0 Å². The highest BCUT2D eigenvalue weighted by Gasteiger charge is 2.68. The molecule has 7 rings (SSSR count). The summed E-state index contributed by atoms with van der Waals surface area (Å²) in [5.74, 6) is 4.90. The van der Waals surface area contributed by atoms with Gasteiger partial charge in [0.1, 0.15) is 12.1 Å². The number of piperidine rings is 1. The number of ether oxygens (including phenoxy) is 1. The first kappa shape index (κ1) is 31.4. The van der Waals surface area contributed by atoms with Gasteiger partial charge in [-0.2, -0.15) is 0 Å². The van der Waals surface area contributed by atoms with E-state index in [0.29, 0.717) is 54.3 Å². The summed E-state index contributed by atoms with van der Waals surface area (Å²) in [5.41, 5.74) is 0.674. The van der Waals surface area contributed by atoms with E-state index in [4.69, 9.17) is 9.84 Å². The van der Waals surface area contributed by atoms with Crippen molar-refractivity contribution in [3.05, 3.63) is 0 Å². The number of carbonyl (C=O) groups is 2. The molecule has 8 nitrogen and oxygen atoms in total. The zero-order chi connectivity index (χ0) is 30.9. The maximum Gasteiger partial charge on any atom is 0.232 e. The lowest BCUT2D eigenvalue weighted by Crippen LogP contribution is -2.58. The lowest BCUT2D eigenvalue weighted by atomic mass is 9.44. The Kier molecular flexibility index (Phi) is 8.41. The zero-order valence-electron chi connectivity index (χ0n) is 28.0. The molecule has 7 aliphatic rings. The first-order chi connectivity index (χ1) is 21.1. The Hall–Kier alpha value is -1.22. The Labute approximate surface area is 265 Å². The van der Waals surface area contributed by atoms with Gasteiger partial charge in [0.25, 0.3) is 0 Å². The second kappa shape index (κ2) is 11.8. The molecule has 8 heteroatoms. The number of nitrogens with zero attached hydrogens (tertiary/aromatic N) is 2. The van der Waals surface area contributed by atoms with Crippen LogP contribution >= 0.6 is 0 Å². The van der Waals surface area contributed by atoms with Crippen molar-refractivity contribution in [2.75, 3.05) is 45.9 Å². The highest BCUT2D eigenvalue weighted by atomic mass is 16.5. The minimum atomic E-state index is -0.102. The minimum Gasteiger partial charge on any atom is -0.395 e. The second-order valence-electron chi connectivity index (χ2n) is 17.0. The molecule has 0 aromatic carbocycles. The first-order valence-corrected chi connectivity index (χ1v) is 18.4. The van der Waals surface area contributed by atoms with Crippen molar-refractivity contribution in [1.29, 1.82) is 0 Å². The van der Waals surface area contributed by atoms with E-state index in [9.17, 15) is 9.59 Å². The predicted molar refractivity (Wildman–Crippen MR) is 170 cm³/mol. The number of aliphatic hydroxyl groups is 1. The van der Waals surface area contributed by atoms with E-state index in [0.717, 1.165) is 56.1 Å². The number of aliphatic hydroxyl groups excluding tert-OH is 1. The summed E-state index contributed by atoms with van der Waals surface area (Å²) in [5, 5.41) is 16.4. The third kappa shape index (κ3) is 5.16. The van der Waals surface area contributed by atoms with Crippen LogP contribution in [0.5, 0.6) is 0 Å². The molecule has 44 heavy (non-hydrogen) atoms. The van der Waals surface area contributed by atoms with E-state index in [2.05, 4.69) is 43.2 Å². The number of hydrogen-bond acceptors (Lipinski definition) is 6. The van der Waals surface area contributed by atoms with Crippen LogP contribution in [0.25, 0.3) is 0 Å². The molecule has 7 fully saturated rings. The molecule has 0 bridgehead atoms. The van der Waals surface area contributed by atoms with Gasteiger partial charge < -0.3 is 20.1 Å². The fourth-order valence-corrected chi connectivity index (χ4v) is 12.5. The van der Waals surface area contributed by atoms with Crippen LogP contribution in [0.3, 0.4) is 0 Å². The van der Waals surface area contributed by atoms with Crippen molar-refractivity contribution in [1.82, 2.24) is 20.4 Å². The summed E-state index contributed by atoms with van der Waals surface area (Å²) >= 11 is 0. The van der Waals surface area contributed by atoms with Crippen LogP contribution in [-0.2, 0) is 14.3 Å². The Morgan fingerprint density at radius 3 is 2.43 bits per heavy atom. The molecular formula is C36H60N4O4. The van der Waals surface area contributed by atoms with Crippen LogP contribution in [0.1, 0.15) is 98.3 Å². The van der Waals surface area contributed by atoms with E-state index in [1.807, 2.05) is 4.90 Å². The summed E-state index contributed by atoms with van der Waals surface area (Å²) in [6, 6.07) is 0.196. The maximum atomic E-state index is 13.0. The molecule has 0 aromatic rings. The Balaban J connectivity index is 0.943. The van der Waals surface area contributed by atoms with Crippen LogP contribution in [0.4, 0.5) is 0 Å². The number of nitrogens with one attached hydrogen (secondary N) is 2. The highest BCUT2D eigenvalue weighted by molar-refractivity contribution is 5.97. The Bertz CT molecular complexity index is 1090. The number of β-amino-alcohol motifs (C(OH)–C–C–N with tert-alkyl or cyclic N) is 1. The van der Waals surface area contributed by atoms with Crippen molar-refractivity contribution in [2.45, 2.75) is 116 Å². The molecule has 2 amide bonds. The van der Waals surface area contributed by atoms with Gasteiger partial charge in [-0.05, 0) is 111 Å². The standard InChI is InChI=1S/C36H60N4O4/c1-23-7-12-36(37-22-23)24(2)33-30(44-36)20-29-27-6-5-25-19-26(8-10-34(25,3)28(27)9-11-35(29,33)4)38-31(42)21-32(43)40-15-13-39(14-16-40)17-18-41/h23-30,33,37,41H,5-22H2,1-4H3,(H,38,42)/t23-,24+,25-,26-,27-,28+,29+,30+,33+,34+,35+,36-/m1/s1. The smallest absolute Gasteiger partial charge is 0.232 e. The predicted octanol–water partition coefficient (Wildman–Crippen LogP) is 4.02. The molecule has 248 valence electrons. The topological polar surface area (TPSA) is 94.1 Å². The van der Waals surface area contributed by atoms with Gasteiger partial charge in [0.2, 0.25) is 11.8 Å². The number of amides is 2. The van der Waals surface area contributed by atoms with Crippen LogP contribution in [0.15, 0.2) is 0 Å². The lowest BCUT2D eigenvalue weighted by molar-refractivity contribution is -0.140. The highest BCUT2D eigenvalue weighted by Crippen LogP contribution is 2.71. The molecule has 0 radical (unpaired) electrons. The van der Waals surface area contributed by atoms with Gasteiger partial charge in [0.15, 0.2) is 0 Å². The van der Waals surface area contributed by atoms with Crippen LogP contribution < -0.4 is 10.6 Å². The van der Waals surface area contributed by atoms with E-state index in [1.165, 1.54) is 51.4 Å². The van der Waals surface area contributed by atoms with Crippen molar-refractivity contribution >= 4 is 11.8 Å². The molecular weight excluding hydrogens is 552 g/mol. The average molecular weight is 613 g/mol. The summed E-state index contributed by atoms with van der Waals surface area (Å²) in [6.45, 7) is 14.8. The number of rotatable bonds is 5. The second-order valence-corrected chi connectivity index (χ2v) is 17.0. The van der Waals surface area contributed by atoms with Crippen molar-refractivity contribution in [2.24, 2.45) is 52.3 Å². The van der Waals surface area contributed by atoms with E-state index < -0.39 is 0 Å². The fourth-order valence-electron chi connectivity index (χ4n) is 12.5. The third-order valence-corrected chi connectivity index (χ3v) is 15.0. The number of fused-ring (bicyclic) bond motifs is 7. The Morgan fingerprint density at radius 1 is 0.932 bits per heavy atom. The maximum absolute atomic E-state index is 13.0. The molecule has 4 saturated carbocycles. The van der Waals surface area contributed by atoms with E-state index >= 15 is 0 Å².